The highest BCUT2D eigenvalue weighted by molar-refractivity contribution is 9.09. The number of hydrogen-bond donors (Lipinski definition) is 1. The minimum atomic E-state index is -1.09. The lowest BCUT2D eigenvalue weighted by molar-refractivity contribution is -0.154. The second-order valence-corrected chi connectivity index (χ2v) is 10.5. The summed E-state index contributed by atoms with van der Waals surface area (Å²) in [7, 11) is 0. The molecule has 6 atom stereocenters. The minimum Gasteiger partial charge on any atom is -0.461 e. The number of likely N-dealkylation sites (tertiary alicyclic amines) is 1. The first-order valence-corrected chi connectivity index (χ1v) is 13.2. The number of amides is 2. The second kappa shape index (κ2) is 11.8. The van der Waals surface area contributed by atoms with Gasteiger partial charge in [0.25, 0.3) is 0 Å². The molecule has 2 amide bonds. The van der Waals surface area contributed by atoms with Crippen molar-refractivity contribution >= 4 is 33.7 Å². The van der Waals surface area contributed by atoms with Crippen LogP contribution in [0.4, 0.5) is 0 Å². The summed E-state index contributed by atoms with van der Waals surface area (Å²) in [5.74, 6) is -2.46. The van der Waals surface area contributed by atoms with Crippen LogP contribution in [0.5, 0.6) is 0 Å². The van der Waals surface area contributed by atoms with Crippen LogP contribution < -0.4 is 0 Å². The molecule has 8 nitrogen and oxygen atoms in total. The highest BCUT2D eigenvalue weighted by Gasteiger charge is 2.77. The van der Waals surface area contributed by atoms with Crippen LogP contribution in [-0.4, -0.2) is 88.1 Å². The Hall–Kier alpha value is -1.71. The second-order valence-electron chi connectivity index (χ2n) is 9.32. The minimum absolute atomic E-state index is 0.00732. The largest absolute Gasteiger partial charge is 0.461 e. The van der Waals surface area contributed by atoms with E-state index in [2.05, 4.69) is 36.0 Å². The molecule has 1 N–H and O–H groups in total. The zero-order valence-electron chi connectivity index (χ0n) is 20.0. The number of rotatable bonds is 14. The molecule has 3 aliphatic heterocycles. The summed E-state index contributed by atoms with van der Waals surface area (Å²) in [5, 5.41) is 9.27. The summed E-state index contributed by atoms with van der Waals surface area (Å²) in [5.41, 5.74) is -1.09. The van der Waals surface area contributed by atoms with Crippen molar-refractivity contribution in [2.24, 2.45) is 11.8 Å². The lowest BCUT2D eigenvalue weighted by Crippen LogP contribution is -2.57. The molecule has 3 saturated heterocycles. The van der Waals surface area contributed by atoms with Crippen LogP contribution in [-0.2, 0) is 23.9 Å². The summed E-state index contributed by atoms with van der Waals surface area (Å²) in [6.07, 6.45) is 7.07. The third kappa shape index (κ3) is 4.84. The van der Waals surface area contributed by atoms with Crippen molar-refractivity contribution < 1.29 is 29.0 Å². The van der Waals surface area contributed by atoms with E-state index in [0.29, 0.717) is 38.9 Å². The Morgan fingerprint density at radius 2 is 2.06 bits per heavy atom. The van der Waals surface area contributed by atoms with E-state index in [0.717, 1.165) is 19.3 Å². The Labute approximate surface area is 210 Å². The van der Waals surface area contributed by atoms with Gasteiger partial charge in [-0.1, -0.05) is 54.4 Å². The van der Waals surface area contributed by atoms with E-state index < -0.39 is 35.6 Å². The molecule has 0 radical (unpaired) electrons. The maximum Gasteiger partial charge on any atom is 0.312 e. The molecule has 9 heteroatoms. The maximum absolute atomic E-state index is 14.0. The number of hydrogen-bond acceptors (Lipinski definition) is 6. The fraction of sp³-hybridized carbons (Fsp3) is 0.720. The summed E-state index contributed by atoms with van der Waals surface area (Å²) >= 11 is 3.65. The Morgan fingerprint density at radius 1 is 1.29 bits per heavy atom. The molecule has 0 saturated carbocycles. The average molecular weight is 541 g/mol. The molecule has 0 aromatic rings. The van der Waals surface area contributed by atoms with Crippen LogP contribution >= 0.6 is 15.9 Å². The third-order valence-electron chi connectivity index (χ3n) is 7.14. The number of aliphatic hydroxyl groups excluding tert-OH is 1. The van der Waals surface area contributed by atoms with Crippen molar-refractivity contribution in [3.63, 3.8) is 0 Å². The van der Waals surface area contributed by atoms with Crippen LogP contribution in [0.15, 0.2) is 25.3 Å². The normalized spacial score (nSPS) is 31.4. The summed E-state index contributed by atoms with van der Waals surface area (Å²) in [6, 6.07) is -0.826. The van der Waals surface area contributed by atoms with Crippen molar-refractivity contribution in [3.05, 3.63) is 25.3 Å². The van der Waals surface area contributed by atoms with Gasteiger partial charge in [0.15, 0.2) is 0 Å². The first kappa shape index (κ1) is 26.9. The van der Waals surface area contributed by atoms with E-state index in [9.17, 15) is 19.5 Å². The highest BCUT2D eigenvalue weighted by atomic mass is 79.9. The topological polar surface area (TPSA) is 96.4 Å². The summed E-state index contributed by atoms with van der Waals surface area (Å²) < 4.78 is 11.8. The van der Waals surface area contributed by atoms with Crippen LogP contribution in [0, 0.1) is 11.8 Å². The molecule has 34 heavy (non-hydrogen) atoms. The molecule has 3 unspecified atom stereocenters. The van der Waals surface area contributed by atoms with Gasteiger partial charge in [0.2, 0.25) is 11.8 Å². The lowest BCUT2D eigenvalue weighted by Gasteiger charge is -2.37. The number of carbonyl (C=O) groups is 3. The molecule has 3 heterocycles. The molecule has 3 fully saturated rings. The van der Waals surface area contributed by atoms with Crippen molar-refractivity contribution in [2.75, 3.05) is 32.8 Å². The predicted molar refractivity (Wildman–Crippen MR) is 131 cm³/mol. The van der Waals surface area contributed by atoms with E-state index in [1.54, 1.807) is 15.9 Å². The third-order valence-corrected chi connectivity index (χ3v) is 7.98. The maximum atomic E-state index is 14.0. The first-order valence-electron chi connectivity index (χ1n) is 12.3. The Balaban J connectivity index is 1.97. The number of unbranched alkanes of at least 4 members (excludes halogenated alkanes) is 3. The van der Waals surface area contributed by atoms with Gasteiger partial charge in [-0.15, -0.1) is 6.58 Å². The molecule has 1 spiro atoms. The molecule has 2 bridgehead atoms. The van der Waals surface area contributed by atoms with Gasteiger partial charge >= 0.3 is 5.97 Å². The van der Waals surface area contributed by atoms with E-state index in [-0.39, 0.29) is 29.9 Å². The summed E-state index contributed by atoms with van der Waals surface area (Å²) in [4.78, 5) is 43.9. The van der Waals surface area contributed by atoms with Gasteiger partial charge in [0, 0.05) is 31.1 Å². The van der Waals surface area contributed by atoms with Crippen LogP contribution in [0.25, 0.3) is 0 Å². The Morgan fingerprint density at radius 3 is 2.71 bits per heavy atom. The smallest absolute Gasteiger partial charge is 0.312 e. The number of alkyl halides is 1. The van der Waals surface area contributed by atoms with Gasteiger partial charge < -0.3 is 24.4 Å². The standard InChI is InChI=1S/C25H37BrN2O6/c1-4-7-8-12-27(11-5-2)23(31)21-25-16-17(26)20(34-25)18(24(32)33-15-6-3)19(25)22(30)28(21)13-9-10-14-29/h5-6,17-21,29H,2-4,7-16H2,1H3/t17?,18-,19-,20-,21?,25?/m0/s1. The molecular formula is C25H37BrN2O6. The average Bonchev–Trinajstić information content (AvgIpc) is 3.40. The Bertz CT molecular complexity index is 791. The molecule has 3 rings (SSSR count). The molecule has 0 aromatic heterocycles. The molecule has 190 valence electrons. The fourth-order valence-corrected chi connectivity index (χ4v) is 6.67. The van der Waals surface area contributed by atoms with Crippen LogP contribution in [0.1, 0.15) is 45.4 Å². The molecule has 0 aromatic carbocycles. The van der Waals surface area contributed by atoms with E-state index >= 15 is 0 Å². The number of carbonyl (C=O) groups excluding carboxylic acids is 3. The highest BCUT2D eigenvalue weighted by Crippen LogP contribution is 2.60. The van der Waals surface area contributed by atoms with E-state index in [1.807, 2.05) is 0 Å². The van der Waals surface area contributed by atoms with Crippen LogP contribution in [0.3, 0.4) is 0 Å². The molecule has 3 aliphatic rings. The van der Waals surface area contributed by atoms with Crippen LogP contribution in [0.2, 0.25) is 0 Å². The number of nitrogens with zero attached hydrogens (tertiary/aromatic N) is 2. The van der Waals surface area contributed by atoms with E-state index in [4.69, 9.17) is 9.47 Å². The fourth-order valence-electron chi connectivity index (χ4n) is 5.72. The van der Waals surface area contributed by atoms with Gasteiger partial charge in [-0.25, -0.2) is 0 Å². The number of aliphatic hydroxyl groups is 1. The number of ether oxygens (including phenoxy) is 2. The van der Waals surface area contributed by atoms with Crippen molar-refractivity contribution in [2.45, 2.75) is 68.0 Å². The van der Waals surface area contributed by atoms with Crippen molar-refractivity contribution in [1.29, 1.82) is 0 Å². The lowest BCUT2D eigenvalue weighted by atomic mass is 9.70. The van der Waals surface area contributed by atoms with Gasteiger partial charge in [-0.05, 0) is 25.7 Å². The van der Waals surface area contributed by atoms with Gasteiger partial charge in [-0.3, -0.25) is 14.4 Å². The number of esters is 1. The Kier molecular flexibility index (Phi) is 9.34. The predicted octanol–water partition coefficient (Wildman–Crippen LogP) is 2.44. The zero-order valence-corrected chi connectivity index (χ0v) is 21.6. The van der Waals surface area contributed by atoms with Crippen molar-refractivity contribution in [1.82, 2.24) is 9.80 Å². The molecular weight excluding hydrogens is 504 g/mol. The van der Waals surface area contributed by atoms with E-state index in [1.165, 1.54) is 6.08 Å². The number of halogens is 1. The first-order chi connectivity index (χ1) is 16.4. The van der Waals surface area contributed by atoms with Crippen molar-refractivity contribution in [3.8, 4) is 0 Å². The zero-order chi connectivity index (χ0) is 24.9. The van der Waals surface area contributed by atoms with Gasteiger partial charge in [0.05, 0.1) is 17.9 Å². The molecule has 0 aliphatic carbocycles. The quantitative estimate of drug-likeness (QED) is 0.157. The van der Waals surface area contributed by atoms with Gasteiger partial charge in [-0.2, -0.15) is 0 Å². The van der Waals surface area contributed by atoms with Gasteiger partial charge in [0.1, 0.15) is 18.2 Å². The summed E-state index contributed by atoms with van der Waals surface area (Å²) in [6.45, 7) is 10.8. The monoisotopic (exact) mass is 540 g/mol. The SMILES string of the molecule is C=CCOC(=O)[C@H]1[C@H]2C(=O)N(CCCCO)C(C(=O)N(CC=C)CCCCC)C23CC(Br)[C@@H]1O3. The number of fused-ring (bicyclic) bond motifs is 1.